The standard InChI is InChI=1S/C12H23N3/c1-4-6-10(3)9-11(13-5-2)12-14-7-8-15-12/h7-8,10-11,13H,4-6,9H2,1-3H3,(H,14,15). The van der Waals surface area contributed by atoms with E-state index in [2.05, 4.69) is 36.1 Å². The van der Waals surface area contributed by atoms with E-state index >= 15 is 0 Å². The maximum Gasteiger partial charge on any atom is 0.123 e. The third-order valence-electron chi connectivity index (χ3n) is 2.72. The number of nitrogens with one attached hydrogen (secondary N) is 2. The summed E-state index contributed by atoms with van der Waals surface area (Å²) in [5.41, 5.74) is 0. The van der Waals surface area contributed by atoms with E-state index in [1.807, 2.05) is 12.4 Å². The lowest BCUT2D eigenvalue weighted by Crippen LogP contribution is -2.24. The molecule has 86 valence electrons. The quantitative estimate of drug-likeness (QED) is 0.725. The van der Waals surface area contributed by atoms with E-state index in [0.29, 0.717) is 6.04 Å². The summed E-state index contributed by atoms with van der Waals surface area (Å²) >= 11 is 0. The van der Waals surface area contributed by atoms with Crippen molar-refractivity contribution in [2.45, 2.75) is 46.1 Å². The first kappa shape index (κ1) is 12.2. The fraction of sp³-hybridized carbons (Fsp3) is 0.750. The Balaban J connectivity index is 2.51. The molecule has 0 bridgehead atoms. The molecule has 0 aliphatic carbocycles. The Kier molecular flexibility index (Phi) is 5.40. The average molecular weight is 209 g/mol. The Bertz CT molecular complexity index is 243. The number of hydrogen-bond acceptors (Lipinski definition) is 2. The molecule has 1 rings (SSSR count). The summed E-state index contributed by atoms with van der Waals surface area (Å²) in [5, 5.41) is 3.48. The number of nitrogens with zero attached hydrogens (tertiary/aromatic N) is 1. The highest BCUT2D eigenvalue weighted by atomic mass is 15.0. The summed E-state index contributed by atoms with van der Waals surface area (Å²) in [6, 6.07) is 0.381. The molecule has 0 saturated carbocycles. The second-order valence-corrected chi connectivity index (χ2v) is 4.21. The summed E-state index contributed by atoms with van der Waals surface area (Å²) in [6.07, 6.45) is 7.43. The maximum atomic E-state index is 4.33. The maximum absolute atomic E-state index is 4.33. The van der Waals surface area contributed by atoms with Crippen LogP contribution in [0.1, 0.15) is 51.9 Å². The van der Waals surface area contributed by atoms with Crippen LogP contribution in [0.4, 0.5) is 0 Å². The first-order valence-electron chi connectivity index (χ1n) is 6.00. The molecule has 3 nitrogen and oxygen atoms in total. The molecule has 0 saturated heterocycles. The third-order valence-corrected chi connectivity index (χ3v) is 2.72. The molecule has 2 atom stereocenters. The molecule has 0 spiro atoms. The number of aromatic amines is 1. The van der Waals surface area contributed by atoms with Crippen LogP contribution >= 0.6 is 0 Å². The molecule has 2 N–H and O–H groups in total. The zero-order valence-electron chi connectivity index (χ0n) is 10.1. The summed E-state index contributed by atoms with van der Waals surface area (Å²) in [5.74, 6) is 1.82. The molecule has 0 radical (unpaired) electrons. The molecule has 0 aliphatic heterocycles. The van der Waals surface area contributed by atoms with Crippen LogP contribution in [0.2, 0.25) is 0 Å². The van der Waals surface area contributed by atoms with Crippen molar-refractivity contribution < 1.29 is 0 Å². The summed E-state index contributed by atoms with van der Waals surface area (Å²) in [7, 11) is 0. The van der Waals surface area contributed by atoms with E-state index in [1.54, 1.807) is 0 Å². The lowest BCUT2D eigenvalue weighted by Gasteiger charge is -2.19. The van der Waals surface area contributed by atoms with Crippen molar-refractivity contribution >= 4 is 0 Å². The van der Waals surface area contributed by atoms with Crippen molar-refractivity contribution in [1.29, 1.82) is 0 Å². The van der Waals surface area contributed by atoms with Crippen LogP contribution in [0, 0.1) is 5.92 Å². The molecule has 2 unspecified atom stereocenters. The largest absolute Gasteiger partial charge is 0.347 e. The number of aromatic nitrogens is 2. The van der Waals surface area contributed by atoms with Crippen LogP contribution in [0.25, 0.3) is 0 Å². The smallest absolute Gasteiger partial charge is 0.123 e. The lowest BCUT2D eigenvalue weighted by atomic mass is 9.97. The van der Waals surface area contributed by atoms with E-state index in [-0.39, 0.29) is 0 Å². The number of rotatable bonds is 7. The minimum atomic E-state index is 0.381. The van der Waals surface area contributed by atoms with Crippen molar-refractivity contribution in [2.75, 3.05) is 6.54 Å². The van der Waals surface area contributed by atoms with Gasteiger partial charge >= 0.3 is 0 Å². The van der Waals surface area contributed by atoms with E-state index in [0.717, 1.165) is 24.7 Å². The van der Waals surface area contributed by atoms with E-state index in [4.69, 9.17) is 0 Å². The van der Waals surface area contributed by atoms with E-state index in [9.17, 15) is 0 Å². The molecule has 1 aromatic heterocycles. The van der Waals surface area contributed by atoms with Crippen molar-refractivity contribution in [3.05, 3.63) is 18.2 Å². The van der Waals surface area contributed by atoms with Gasteiger partial charge in [-0.1, -0.05) is 33.6 Å². The Hall–Kier alpha value is -0.830. The number of imidazole rings is 1. The van der Waals surface area contributed by atoms with Gasteiger partial charge in [0.25, 0.3) is 0 Å². The molecule has 0 amide bonds. The van der Waals surface area contributed by atoms with Gasteiger partial charge in [0.1, 0.15) is 5.82 Å². The lowest BCUT2D eigenvalue weighted by molar-refractivity contribution is 0.385. The van der Waals surface area contributed by atoms with Gasteiger partial charge in [-0.15, -0.1) is 0 Å². The van der Waals surface area contributed by atoms with Crippen molar-refractivity contribution in [3.8, 4) is 0 Å². The van der Waals surface area contributed by atoms with Crippen molar-refractivity contribution in [3.63, 3.8) is 0 Å². The second-order valence-electron chi connectivity index (χ2n) is 4.21. The van der Waals surface area contributed by atoms with E-state index < -0.39 is 0 Å². The van der Waals surface area contributed by atoms with Gasteiger partial charge in [0.05, 0.1) is 6.04 Å². The molecular formula is C12H23N3. The minimum absolute atomic E-state index is 0.381. The van der Waals surface area contributed by atoms with Crippen LogP contribution in [-0.2, 0) is 0 Å². The van der Waals surface area contributed by atoms with Crippen LogP contribution < -0.4 is 5.32 Å². The normalized spacial score (nSPS) is 15.1. The van der Waals surface area contributed by atoms with Crippen molar-refractivity contribution in [1.82, 2.24) is 15.3 Å². The third kappa shape index (κ3) is 4.04. The summed E-state index contributed by atoms with van der Waals surface area (Å²) < 4.78 is 0. The zero-order chi connectivity index (χ0) is 11.1. The van der Waals surface area contributed by atoms with Crippen LogP contribution in [0.3, 0.4) is 0 Å². The van der Waals surface area contributed by atoms with Gasteiger partial charge < -0.3 is 10.3 Å². The molecule has 3 heteroatoms. The van der Waals surface area contributed by atoms with Gasteiger partial charge in [0.15, 0.2) is 0 Å². The first-order chi connectivity index (χ1) is 7.27. The highest BCUT2D eigenvalue weighted by molar-refractivity contribution is 4.95. The highest BCUT2D eigenvalue weighted by Gasteiger charge is 2.15. The van der Waals surface area contributed by atoms with Gasteiger partial charge in [-0.2, -0.15) is 0 Å². The predicted molar refractivity (Wildman–Crippen MR) is 63.7 cm³/mol. The van der Waals surface area contributed by atoms with Gasteiger partial charge in [-0.05, 0) is 18.9 Å². The molecule has 15 heavy (non-hydrogen) atoms. The highest BCUT2D eigenvalue weighted by Crippen LogP contribution is 2.21. The predicted octanol–water partition coefficient (Wildman–Crippen LogP) is 2.89. The van der Waals surface area contributed by atoms with Gasteiger partial charge in [-0.25, -0.2) is 4.98 Å². The number of H-pyrrole nitrogens is 1. The Labute approximate surface area is 92.7 Å². The molecular weight excluding hydrogens is 186 g/mol. The molecule has 0 fully saturated rings. The van der Waals surface area contributed by atoms with Gasteiger partial charge in [-0.3, -0.25) is 0 Å². The molecule has 1 heterocycles. The Morgan fingerprint density at radius 1 is 1.47 bits per heavy atom. The fourth-order valence-electron chi connectivity index (χ4n) is 2.02. The monoisotopic (exact) mass is 209 g/mol. The Morgan fingerprint density at radius 3 is 2.80 bits per heavy atom. The van der Waals surface area contributed by atoms with Crippen LogP contribution in [0.5, 0.6) is 0 Å². The van der Waals surface area contributed by atoms with Crippen molar-refractivity contribution in [2.24, 2.45) is 5.92 Å². The number of hydrogen-bond donors (Lipinski definition) is 2. The summed E-state index contributed by atoms with van der Waals surface area (Å²) in [4.78, 5) is 7.53. The zero-order valence-corrected chi connectivity index (χ0v) is 10.1. The average Bonchev–Trinajstić information content (AvgIpc) is 2.70. The van der Waals surface area contributed by atoms with Crippen LogP contribution in [-0.4, -0.2) is 16.5 Å². The first-order valence-corrected chi connectivity index (χ1v) is 6.00. The van der Waals surface area contributed by atoms with Gasteiger partial charge in [0.2, 0.25) is 0 Å². The second kappa shape index (κ2) is 6.62. The minimum Gasteiger partial charge on any atom is -0.347 e. The summed E-state index contributed by atoms with van der Waals surface area (Å²) in [6.45, 7) is 7.69. The van der Waals surface area contributed by atoms with Crippen LogP contribution in [0.15, 0.2) is 12.4 Å². The molecule has 0 aliphatic rings. The molecule has 0 aromatic carbocycles. The SMILES string of the molecule is CCCC(C)CC(NCC)c1ncc[nH]1. The fourth-order valence-corrected chi connectivity index (χ4v) is 2.02. The van der Waals surface area contributed by atoms with E-state index in [1.165, 1.54) is 12.8 Å². The Morgan fingerprint density at radius 2 is 2.27 bits per heavy atom. The molecule has 1 aromatic rings. The topological polar surface area (TPSA) is 40.7 Å². The van der Waals surface area contributed by atoms with Gasteiger partial charge in [0, 0.05) is 12.4 Å².